The minimum atomic E-state index is -1.20. The Bertz CT molecular complexity index is 1440. The normalized spacial score (nSPS) is 30.7. The van der Waals surface area contributed by atoms with E-state index in [1.807, 2.05) is 61.5 Å². The zero-order valence-corrected chi connectivity index (χ0v) is 25.3. The lowest BCUT2D eigenvalue weighted by molar-refractivity contribution is -0.141. The maximum Gasteiger partial charge on any atom is 0.246 e. The van der Waals surface area contributed by atoms with Crippen LogP contribution in [0, 0.1) is 24.7 Å². The molecule has 7 atom stereocenters. The SMILES string of the molecule is COc1ccc(CCN2C(=O)[C@H]3[C@H](C(=O)Nc4cccc(C)c4)[C@H]4C=C[C@@]3(O4)[C@@H]2C(=O)N[C@@H]2CCCC[C@@H]2C)cc1OC. The zero-order valence-electron chi connectivity index (χ0n) is 25.3. The first-order chi connectivity index (χ1) is 20.8. The minimum Gasteiger partial charge on any atom is -0.493 e. The van der Waals surface area contributed by atoms with Crippen LogP contribution in [-0.2, 0) is 25.5 Å². The molecule has 2 aromatic carbocycles. The van der Waals surface area contributed by atoms with Crippen molar-refractivity contribution < 1.29 is 28.6 Å². The predicted octanol–water partition coefficient (Wildman–Crippen LogP) is 4.04. The van der Waals surface area contributed by atoms with E-state index in [2.05, 4.69) is 17.6 Å². The highest BCUT2D eigenvalue weighted by atomic mass is 16.5. The van der Waals surface area contributed by atoms with Crippen molar-refractivity contribution >= 4 is 23.4 Å². The number of aryl methyl sites for hydroxylation is 1. The number of carbonyl (C=O) groups is 3. The van der Waals surface area contributed by atoms with Crippen molar-refractivity contribution in [1.29, 1.82) is 0 Å². The van der Waals surface area contributed by atoms with Crippen molar-refractivity contribution in [2.75, 3.05) is 26.1 Å². The molecule has 2 N–H and O–H groups in total. The summed E-state index contributed by atoms with van der Waals surface area (Å²) in [6, 6.07) is 12.4. The lowest BCUT2D eigenvalue weighted by atomic mass is 9.74. The van der Waals surface area contributed by atoms with Gasteiger partial charge in [-0.15, -0.1) is 0 Å². The number of benzene rings is 2. The maximum atomic E-state index is 14.3. The van der Waals surface area contributed by atoms with Gasteiger partial charge in [-0.3, -0.25) is 14.4 Å². The van der Waals surface area contributed by atoms with Crippen LogP contribution in [0.1, 0.15) is 43.7 Å². The van der Waals surface area contributed by atoms with E-state index in [0.717, 1.165) is 36.8 Å². The predicted molar refractivity (Wildman–Crippen MR) is 162 cm³/mol. The molecule has 6 rings (SSSR count). The van der Waals surface area contributed by atoms with Crippen molar-refractivity contribution in [3.63, 3.8) is 0 Å². The molecule has 1 aliphatic carbocycles. The van der Waals surface area contributed by atoms with E-state index in [-0.39, 0.29) is 23.8 Å². The number of nitrogens with one attached hydrogen (secondary N) is 2. The Morgan fingerprint density at radius 3 is 2.58 bits per heavy atom. The van der Waals surface area contributed by atoms with Crippen LogP contribution in [0.25, 0.3) is 0 Å². The number of fused-ring (bicyclic) bond motifs is 1. The molecule has 9 heteroatoms. The molecule has 0 unspecified atom stereocenters. The Kier molecular flexibility index (Phi) is 7.94. The highest BCUT2D eigenvalue weighted by Crippen LogP contribution is 2.55. The van der Waals surface area contributed by atoms with Gasteiger partial charge in [-0.1, -0.05) is 50.1 Å². The molecule has 3 amide bonds. The Hall–Kier alpha value is -3.85. The summed E-state index contributed by atoms with van der Waals surface area (Å²) in [7, 11) is 3.17. The number of likely N-dealkylation sites (tertiary alicyclic amines) is 1. The summed E-state index contributed by atoms with van der Waals surface area (Å²) in [6.45, 7) is 4.42. The van der Waals surface area contributed by atoms with Crippen LogP contribution in [0.5, 0.6) is 11.5 Å². The molecule has 2 bridgehead atoms. The van der Waals surface area contributed by atoms with E-state index in [1.54, 1.807) is 19.1 Å². The summed E-state index contributed by atoms with van der Waals surface area (Å²) >= 11 is 0. The smallest absolute Gasteiger partial charge is 0.246 e. The van der Waals surface area contributed by atoms with E-state index < -0.39 is 29.6 Å². The Labute approximate surface area is 252 Å². The largest absolute Gasteiger partial charge is 0.493 e. The highest BCUT2D eigenvalue weighted by Gasteiger charge is 2.72. The molecule has 9 nitrogen and oxygen atoms in total. The van der Waals surface area contributed by atoms with Crippen LogP contribution in [0.4, 0.5) is 5.69 Å². The number of hydrogen-bond donors (Lipinski definition) is 2. The number of nitrogens with zero attached hydrogens (tertiary/aromatic N) is 1. The number of anilines is 1. The van der Waals surface area contributed by atoms with Crippen LogP contribution < -0.4 is 20.1 Å². The first-order valence-electron chi connectivity index (χ1n) is 15.3. The van der Waals surface area contributed by atoms with Gasteiger partial charge in [0, 0.05) is 18.3 Å². The lowest BCUT2D eigenvalue weighted by Crippen LogP contribution is -2.57. The van der Waals surface area contributed by atoms with Crippen LogP contribution in [0.2, 0.25) is 0 Å². The summed E-state index contributed by atoms with van der Waals surface area (Å²) in [5, 5.41) is 6.29. The standard InChI is InChI=1S/C34H41N3O6/c1-20-8-7-10-23(18-20)35-31(38)28-26-14-16-34(43-26)29(28)33(40)37(17-15-22-12-13-25(41-3)27(19-22)42-4)30(34)32(39)36-24-11-6-5-9-21(24)2/h7-8,10,12-14,16,18-19,21,24,26,28-30H,5-6,9,11,15,17H2,1-4H3,(H,35,38)(H,36,39)/t21-,24+,26+,28+,29+,30-,34-/m0/s1. The van der Waals surface area contributed by atoms with Gasteiger partial charge in [-0.25, -0.2) is 0 Å². The highest BCUT2D eigenvalue weighted by molar-refractivity contribution is 6.02. The molecule has 228 valence electrons. The van der Waals surface area contributed by atoms with Gasteiger partial charge in [0.25, 0.3) is 0 Å². The number of ether oxygens (including phenoxy) is 3. The maximum absolute atomic E-state index is 14.3. The van der Waals surface area contributed by atoms with Crippen molar-refractivity contribution in [1.82, 2.24) is 10.2 Å². The topological polar surface area (TPSA) is 106 Å². The lowest BCUT2D eigenvalue weighted by Gasteiger charge is -2.36. The fourth-order valence-corrected chi connectivity index (χ4v) is 7.53. The van der Waals surface area contributed by atoms with Crippen molar-refractivity contribution in [3.05, 3.63) is 65.7 Å². The zero-order chi connectivity index (χ0) is 30.3. The number of methoxy groups -OCH3 is 2. The monoisotopic (exact) mass is 587 g/mol. The van der Waals surface area contributed by atoms with E-state index in [0.29, 0.717) is 36.1 Å². The molecular weight excluding hydrogens is 546 g/mol. The third-order valence-electron chi connectivity index (χ3n) is 9.74. The fraction of sp³-hybridized carbons (Fsp3) is 0.500. The van der Waals surface area contributed by atoms with E-state index >= 15 is 0 Å². The third kappa shape index (κ3) is 5.18. The fourth-order valence-electron chi connectivity index (χ4n) is 7.53. The summed E-state index contributed by atoms with van der Waals surface area (Å²) in [5.74, 6) is -0.685. The molecule has 3 fully saturated rings. The van der Waals surface area contributed by atoms with Crippen molar-refractivity contribution in [2.45, 2.75) is 69.7 Å². The number of rotatable bonds is 9. The molecule has 1 saturated carbocycles. The van der Waals surface area contributed by atoms with Gasteiger partial charge in [0.2, 0.25) is 17.7 Å². The van der Waals surface area contributed by atoms with Crippen LogP contribution in [0.15, 0.2) is 54.6 Å². The molecule has 43 heavy (non-hydrogen) atoms. The molecule has 3 heterocycles. The number of amides is 3. The molecule has 2 saturated heterocycles. The van der Waals surface area contributed by atoms with Gasteiger partial charge in [-0.05, 0) is 67.5 Å². The second kappa shape index (κ2) is 11.7. The average molecular weight is 588 g/mol. The van der Waals surface area contributed by atoms with E-state index in [4.69, 9.17) is 14.2 Å². The van der Waals surface area contributed by atoms with E-state index in [9.17, 15) is 14.4 Å². The van der Waals surface area contributed by atoms with Crippen LogP contribution >= 0.6 is 0 Å². The first kappa shape index (κ1) is 29.2. The van der Waals surface area contributed by atoms with E-state index in [1.165, 1.54) is 0 Å². The molecule has 0 radical (unpaired) electrons. The molecule has 4 aliphatic rings. The van der Waals surface area contributed by atoms with Gasteiger partial charge in [0.05, 0.1) is 32.2 Å². The summed E-state index contributed by atoms with van der Waals surface area (Å²) < 4.78 is 17.4. The van der Waals surface area contributed by atoms with Gasteiger partial charge < -0.3 is 29.7 Å². The second-order valence-electron chi connectivity index (χ2n) is 12.4. The Balaban J connectivity index is 1.30. The minimum absolute atomic E-state index is 0.0440. The summed E-state index contributed by atoms with van der Waals surface area (Å²) in [5.41, 5.74) is 1.43. The number of hydrogen-bond acceptors (Lipinski definition) is 6. The Morgan fingerprint density at radius 2 is 1.84 bits per heavy atom. The Morgan fingerprint density at radius 1 is 1.05 bits per heavy atom. The van der Waals surface area contributed by atoms with Crippen molar-refractivity contribution in [2.24, 2.45) is 17.8 Å². The average Bonchev–Trinajstić information content (AvgIpc) is 3.64. The van der Waals surface area contributed by atoms with Crippen LogP contribution in [-0.4, -0.2) is 67.2 Å². The first-order valence-corrected chi connectivity index (χ1v) is 15.3. The number of carbonyl (C=O) groups excluding carboxylic acids is 3. The van der Waals surface area contributed by atoms with Gasteiger partial charge in [-0.2, -0.15) is 0 Å². The van der Waals surface area contributed by atoms with Gasteiger partial charge >= 0.3 is 0 Å². The third-order valence-corrected chi connectivity index (χ3v) is 9.74. The molecule has 1 spiro atoms. The van der Waals surface area contributed by atoms with Crippen LogP contribution in [0.3, 0.4) is 0 Å². The van der Waals surface area contributed by atoms with Gasteiger partial charge in [0.15, 0.2) is 11.5 Å². The molecule has 0 aromatic heterocycles. The molecule has 3 aliphatic heterocycles. The summed E-state index contributed by atoms with van der Waals surface area (Å²) in [4.78, 5) is 43.9. The van der Waals surface area contributed by atoms with Gasteiger partial charge in [0.1, 0.15) is 11.6 Å². The van der Waals surface area contributed by atoms with Crippen molar-refractivity contribution in [3.8, 4) is 11.5 Å². The molecule has 2 aromatic rings. The molecular formula is C34H41N3O6. The quantitative estimate of drug-likeness (QED) is 0.429. The summed E-state index contributed by atoms with van der Waals surface area (Å²) in [6.07, 6.45) is 7.83. The second-order valence-corrected chi connectivity index (χ2v) is 12.4.